The molecule has 0 radical (unpaired) electrons. The second kappa shape index (κ2) is 7.87. The number of hydrogen-bond acceptors (Lipinski definition) is 4. The number of nitrogens with one attached hydrogen (secondary N) is 2. The summed E-state index contributed by atoms with van der Waals surface area (Å²) in [5, 5.41) is 4.74. The lowest BCUT2D eigenvalue weighted by molar-refractivity contribution is -0.122. The maximum atomic E-state index is 13.6. The molecule has 0 aliphatic carbocycles. The van der Waals surface area contributed by atoms with Crippen LogP contribution in [-0.2, 0) is 9.59 Å². The van der Waals surface area contributed by atoms with Gasteiger partial charge in [-0.25, -0.2) is 13.8 Å². The molecule has 140 valence electrons. The van der Waals surface area contributed by atoms with Gasteiger partial charge >= 0.3 is 0 Å². The fourth-order valence-corrected chi connectivity index (χ4v) is 3.45. The van der Waals surface area contributed by atoms with E-state index < -0.39 is 22.8 Å². The molecule has 0 bridgehead atoms. The van der Waals surface area contributed by atoms with E-state index in [0.29, 0.717) is 16.9 Å². The van der Waals surface area contributed by atoms with Crippen LogP contribution >= 0.6 is 11.8 Å². The Bertz CT molecular complexity index is 947. The van der Waals surface area contributed by atoms with Gasteiger partial charge in [-0.2, -0.15) is 0 Å². The van der Waals surface area contributed by atoms with E-state index >= 15 is 0 Å². The minimum absolute atomic E-state index is 0.131. The van der Waals surface area contributed by atoms with E-state index in [-0.39, 0.29) is 18.0 Å². The molecule has 3 rings (SSSR count). The lowest BCUT2D eigenvalue weighted by atomic mass is 10.1. The molecule has 0 unspecified atom stereocenters. The van der Waals surface area contributed by atoms with E-state index in [1.807, 2.05) is 32.0 Å². The number of halogens is 2. The number of rotatable bonds is 4. The number of benzene rings is 2. The number of carbonyl (C=O) groups is 2. The van der Waals surface area contributed by atoms with Crippen molar-refractivity contribution in [1.82, 2.24) is 5.32 Å². The highest BCUT2D eigenvalue weighted by atomic mass is 32.2. The highest BCUT2D eigenvalue weighted by molar-refractivity contribution is 8.15. The van der Waals surface area contributed by atoms with Crippen LogP contribution in [0.25, 0.3) is 0 Å². The van der Waals surface area contributed by atoms with E-state index in [1.54, 1.807) is 0 Å². The molecule has 0 spiro atoms. The number of thioether (sulfide) groups is 1. The molecule has 2 amide bonds. The molecule has 0 aromatic heterocycles. The van der Waals surface area contributed by atoms with Crippen LogP contribution in [0.4, 0.5) is 20.2 Å². The van der Waals surface area contributed by atoms with Crippen molar-refractivity contribution >= 4 is 40.1 Å². The van der Waals surface area contributed by atoms with E-state index in [0.717, 1.165) is 35.0 Å². The molecule has 1 fully saturated rings. The van der Waals surface area contributed by atoms with Crippen molar-refractivity contribution in [2.45, 2.75) is 25.5 Å². The number of hydrogen-bond donors (Lipinski definition) is 2. The van der Waals surface area contributed by atoms with Crippen LogP contribution in [-0.4, -0.2) is 22.2 Å². The average molecular weight is 389 g/mol. The smallest absolute Gasteiger partial charge is 0.240 e. The van der Waals surface area contributed by atoms with Crippen LogP contribution in [0.15, 0.2) is 41.4 Å². The van der Waals surface area contributed by atoms with Crippen molar-refractivity contribution in [2.75, 3.05) is 5.32 Å². The highest BCUT2D eigenvalue weighted by Gasteiger charge is 2.32. The Morgan fingerprint density at radius 2 is 1.96 bits per heavy atom. The minimum Gasteiger partial charge on any atom is -0.324 e. The van der Waals surface area contributed by atoms with Crippen molar-refractivity contribution in [1.29, 1.82) is 0 Å². The zero-order chi connectivity index (χ0) is 19.6. The molecule has 5 nitrogen and oxygen atoms in total. The summed E-state index contributed by atoms with van der Waals surface area (Å²) in [6, 6.07) is 8.56. The second-order valence-electron chi connectivity index (χ2n) is 6.16. The highest BCUT2D eigenvalue weighted by Crippen LogP contribution is 2.26. The summed E-state index contributed by atoms with van der Waals surface area (Å²) in [5.41, 5.74) is 2.81. The monoisotopic (exact) mass is 389 g/mol. The third-order valence-corrected chi connectivity index (χ3v) is 5.16. The SMILES string of the molecule is Cc1ccc(N=C2NC(=O)[C@@H](CC(=O)Nc3ccc(F)cc3F)S2)cc1C. The molecule has 2 N–H and O–H groups in total. The summed E-state index contributed by atoms with van der Waals surface area (Å²) in [6.07, 6.45) is -0.154. The number of amides is 2. The average Bonchev–Trinajstić information content (AvgIpc) is 2.93. The van der Waals surface area contributed by atoms with Gasteiger partial charge in [-0.3, -0.25) is 9.59 Å². The van der Waals surface area contributed by atoms with Crippen molar-refractivity contribution in [3.05, 3.63) is 59.2 Å². The molecule has 1 aliphatic heterocycles. The minimum atomic E-state index is -0.871. The first-order chi connectivity index (χ1) is 12.8. The second-order valence-corrected chi connectivity index (χ2v) is 7.35. The summed E-state index contributed by atoms with van der Waals surface area (Å²) in [6.45, 7) is 3.97. The number of amidine groups is 1. The maximum absolute atomic E-state index is 13.6. The first-order valence-corrected chi connectivity index (χ1v) is 9.08. The molecule has 27 heavy (non-hydrogen) atoms. The predicted molar refractivity (Wildman–Crippen MR) is 102 cm³/mol. The molecule has 0 saturated carbocycles. The fourth-order valence-electron chi connectivity index (χ4n) is 2.47. The lowest BCUT2D eigenvalue weighted by Gasteiger charge is -2.08. The van der Waals surface area contributed by atoms with Gasteiger partial charge < -0.3 is 10.6 Å². The zero-order valence-electron chi connectivity index (χ0n) is 14.7. The van der Waals surface area contributed by atoms with E-state index in [2.05, 4.69) is 15.6 Å². The van der Waals surface area contributed by atoms with E-state index in [1.165, 1.54) is 0 Å². The van der Waals surface area contributed by atoms with Gasteiger partial charge in [0.1, 0.15) is 16.9 Å². The van der Waals surface area contributed by atoms with E-state index in [4.69, 9.17) is 0 Å². The van der Waals surface area contributed by atoms with Crippen LogP contribution in [0, 0.1) is 25.5 Å². The van der Waals surface area contributed by atoms with Gasteiger partial charge in [0.25, 0.3) is 0 Å². The molecule has 1 aliphatic rings. The molecular weight excluding hydrogens is 372 g/mol. The van der Waals surface area contributed by atoms with E-state index in [9.17, 15) is 18.4 Å². The third-order valence-electron chi connectivity index (χ3n) is 4.07. The number of nitrogens with zero attached hydrogens (tertiary/aromatic N) is 1. The number of carbonyl (C=O) groups excluding carboxylic acids is 2. The van der Waals surface area contributed by atoms with Gasteiger partial charge in [-0.1, -0.05) is 17.8 Å². The molecule has 2 aromatic rings. The lowest BCUT2D eigenvalue weighted by Crippen LogP contribution is -2.28. The van der Waals surface area contributed by atoms with Crippen molar-refractivity contribution in [3.8, 4) is 0 Å². The third kappa shape index (κ3) is 4.71. The standard InChI is InChI=1S/C19H17F2N3O2S/c1-10-3-5-13(7-11(10)2)22-19-24-18(26)16(27-19)9-17(25)23-15-6-4-12(20)8-14(15)21/h3-8,16H,9H2,1-2H3,(H,23,25)(H,22,24,26)/t16-/m1/s1. The Morgan fingerprint density at radius 1 is 1.19 bits per heavy atom. The first kappa shape index (κ1) is 19.0. The summed E-state index contributed by atoms with van der Waals surface area (Å²) < 4.78 is 26.5. The zero-order valence-corrected chi connectivity index (χ0v) is 15.5. The molecule has 1 saturated heterocycles. The Hall–Kier alpha value is -2.74. The number of aryl methyl sites for hydroxylation is 2. The van der Waals surface area contributed by atoms with Crippen LogP contribution < -0.4 is 10.6 Å². The van der Waals surface area contributed by atoms with Crippen LogP contribution in [0.3, 0.4) is 0 Å². The topological polar surface area (TPSA) is 70.6 Å². The fraction of sp³-hybridized carbons (Fsp3) is 0.211. The van der Waals surface area contributed by atoms with Crippen molar-refractivity contribution in [3.63, 3.8) is 0 Å². The van der Waals surface area contributed by atoms with Gasteiger partial charge in [0.15, 0.2) is 5.17 Å². The number of aliphatic imine (C=N–C) groups is 1. The van der Waals surface area contributed by atoms with Gasteiger partial charge in [-0.05, 0) is 49.2 Å². The maximum Gasteiger partial charge on any atom is 0.240 e. The summed E-state index contributed by atoms with van der Waals surface area (Å²) in [5.74, 6) is -2.48. The van der Waals surface area contributed by atoms with Crippen molar-refractivity contribution < 1.29 is 18.4 Å². The van der Waals surface area contributed by atoms with Gasteiger partial charge in [0.05, 0.1) is 11.4 Å². The Balaban J connectivity index is 1.64. The van der Waals surface area contributed by atoms with Gasteiger partial charge in [0.2, 0.25) is 11.8 Å². The Morgan fingerprint density at radius 3 is 2.67 bits per heavy atom. The largest absolute Gasteiger partial charge is 0.324 e. The number of anilines is 1. The summed E-state index contributed by atoms with van der Waals surface area (Å²) in [7, 11) is 0. The summed E-state index contributed by atoms with van der Waals surface area (Å²) >= 11 is 1.14. The molecule has 8 heteroatoms. The Labute approximate surface area is 159 Å². The van der Waals surface area contributed by atoms with Crippen LogP contribution in [0.5, 0.6) is 0 Å². The first-order valence-electron chi connectivity index (χ1n) is 8.20. The van der Waals surface area contributed by atoms with Crippen LogP contribution in [0.2, 0.25) is 0 Å². The quantitative estimate of drug-likeness (QED) is 0.835. The Kier molecular flexibility index (Phi) is 5.55. The summed E-state index contributed by atoms with van der Waals surface area (Å²) in [4.78, 5) is 28.6. The molecule has 1 atom stereocenters. The normalized spacial score (nSPS) is 17.9. The molecule has 2 aromatic carbocycles. The van der Waals surface area contributed by atoms with Gasteiger partial charge in [-0.15, -0.1) is 0 Å². The van der Waals surface area contributed by atoms with Crippen molar-refractivity contribution in [2.24, 2.45) is 4.99 Å². The van der Waals surface area contributed by atoms with Crippen LogP contribution in [0.1, 0.15) is 17.5 Å². The predicted octanol–water partition coefficient (Wildman–Crippen LogP) is 3.83. The molecular formula is C19H17F2N3O2S. The van der Waals surface area contributed by atoms with Gasteiger partial charge in [0, 0.05) is 12.5 Å². The molecule has 1 heterocycles.